The van der Waals surface area contributed by atoms with Crippen LogP contribution in [0.4, 0.5) is 5.69 Å². The maximum absolute atomic E-state index is 11.4. The molecular weight excluding hydrogens is 409 g/mol. The van der Waals surface area contributed by atoms with Gasteiger partial charge in [0, 0.05) is 12.2 Å². The zero-order chi connectivity index (χ0) is 21.8. The predicted molar refractivity (Wildman–Crippen MR) is 138 cm³/mol. The molecule has 5 rings (SSSR count). The molecule has 0 aromatic heterocycles. The van der Waals surface area contributed by atoms with Gasteiger partial charge in [0.15, 0.2) is 0 Å². The van der Waals surface area contributed by atoms with E-state index in [4.69, 9.17) is 0 Å². The van der Waals surface area contributed by atoms with Crippen molar-refractivity contribution in [2.75, 3.05) is 18.0 Å². The zero-order valence-corrected chi connectivity index (χ0v) is 18.9. The summed E-state index contributed by atoms with van der Waals surface area (Å²) in [6.07, 6.45) is 1.03. The minimum Gasteiger partial charge on any atom is -0.507 e. The molecule has 1 aliphatic heterocycles. The average molecular weight is 437 g/mol. The number of para-hydroxylation sites is 1. The minimum absolute atomic E-state index is 0.423. The van der Waals surface area contributed by atoms with E-state index in [0.29, 0.717) is 12.3 Å². The van der Waals surface area contributed by atoms with E-state index in [1.165, 1.54) is 27.2 Å². The van der Waals surface area contributed by atoms with Crippen LogP contribution >= 0.6 is 7.26 Å². The van der Waals surface area contributed by atoms with Crippen LogP contribution in [0.3, 0.4) is 0 Å². The van der Waals surface area contributed by atoms with Gasteiger partial charge in [-0.1, -0.05) is 72.8 Å². The van der Waals surface area contributed by atoms with Crippen molar-refractivity contribution in [3.05, 3.63) is 132 Å². The normalized spacial score (nSPS) is 13.8. The van der Waals surface area contributed by atoms with Crippen molar-refractivity contribution < 1.29 is 5.11 Å². The number of rotatable bonds is 6. The van der Waals surface area contributed by atoms with Gasteiger partial charge in [0.05, 0.1) is 6.54 Å². The van der Waals surface area contributed by atoms with Gasteiger partial charge in [0.2, 0.25) is 0 Å². The van der Waals surface area contributed by atoms with Crippen LogP contribution in [0.5, 0.6) is 0 Å². The minimum atomic E-state index is -2.19. The summed E-state index contributed by atoms with van der Waals surface area (Å²) in [7, 11) is -2.19. The Labute approximate surface area is 190 Å². The fraction of sp³-hybridized carbons (Fsp3) is 0.103. The molecule has 0 amide bonds. The number of benzene rings is 4. The number of hydrogen-bond donors (Lipinski definition) is 1. The van der Waals surface area contributed by atoms with Crippen LogP contribution in [-0.4, -0.2) is 18.2 Å². The lowest BCUT2D eigenvalue weighted by Gasteiger charge is -2.25. The summed E-state index contributed by atoms with van der Waals surface area (Å²) in [4.78, 5) is 2.29. The third kappa shape index (κ3) is 3.83. The van der Waals surface area contributed by atoms with Gasteiger partial charge in [0.25, 0.3) is 0 Å². The molecule has 0 bridgehead atoms. The first-order valence-corrected chi connectivity index (χ1v) is 12.9. The van der Waals surface area contributed by atoms with Gasteiger partial charge >= 0.3 is 0 Å². The molecule has 1 aliphatic rings. The average Bonchev–Trinajstić information content (AvgIpc) is 3.27. The van der Waals surface area contributed by atoms with Crippen molar-refractivity contribution in [3.8, 4) is 0 Å². The first-order chi connectivity index (χ1) is 15.8. The molecule has 0 unspecified atom stereocenters. The molecule has 3 heteroatoms. The molecule has 4 aromatic carbocycles. The van der Waals surface area contributed by atoms with E-state index in [9.17, 15) is 5.11 Å². The molecule has 2 nitrogen and oxygen atoms in total. The number of fused-ring (bicyclic) bond motifs is 1. The largest absolute Gasteiger partial charge is 0.507 e. The van der Waals surface area contributed by atoms with Gasteiger partial charge in [-0.15, -0.1) is 0 Å². The Morgan fingerprint density at radius 2 is 1.16 bits per heavy atom. The number of hydrogen-bond acceptors (Lipinski definition) is 2. The van der Waals surface area contributed by atoms with E-state index < -0.39 is 7.26 Å². The summed E-state index contributed by atoms with van der Waals surface area (Å²) in [6, 6.07) is 40.4. The summed E-state index contributed by atoms with van der Waals surface area (Å²) >= 11 is 0. The van der Waals surface area contributed by atoms with Crippen molar-refractivity contribution in [1.82, 2.24) is 0 Å². The fourth-order valence-electron chi connectivity index (χ4n) is 4.69. The van der Waals surface area contributed by atoms with Crippen molar-refractivity contribution in [2.45, 2.75) is 6.42 Å². The Hall–Kier alpha value is -3.35. The Morgan fingerprint density at radius 3 is 1.69 bits per heavy atom. The molecular formula is C29H27NOP+. The fourth-order valence-corrected chi connectivity index (χ4v) is 8.49. The number of nitrogens with zero attached hydrogens (tertiary/aromatic N) is 1. The zero-order valence-electron chi connectivity index (χ0n) is 18.0. The molecule has 0 radical (unpaired) electrons. The quantitative estimate of drug-likeness (QED) is 0.321. The van der Waals surface area contributed by atoms with Crippen LogP contribution in [-0.2, 0) is 6.42 Å². The van der Waals surface area contributed by atoms with E-state index >= 15 is 0 Å². The molecule has 0 saturated carbocycles. The number of aliphatic hydroxyl groups is 1. The first kappa shape index (κ1) is 20.5. The van der Waals surface area contributed by atoms with E-state index in [1.807, 2.05) is 0 Å². The molecule has 1 N–H and O–H groups in total. The molecule has 158 valence electrons. The molecule has 4 aromatic rings. The van der Waals surface area contributed by atoms with Gasteiger partial charge in [-0.3, -0.25) is 0 Å². The number of anilines is 1. The lowest BCUT2D eigenvalue weighted by molar-refractivity contribution is 0.401. The van der Waals surface area contributed by atoms with Crippen LogP contribution in [0, 0.1) is 0 Å². The van der Waals surface area contributed by atoms with Gasteiger partial charge < -0.3 is 10.0 Å². The second kappa shape index (κ2) is 9.02. The Kier molecular flexibility index (Phi) is 5.79. The highest BCUT2D eigenvalue weighted by molar-refractivity contribution is 7.98. The Bertz CT molecular complexity index is 1110. The molecule has 32 heavy (non-hydrogen) atoms. The van der Waals surface area contributed by atoms with Crippen LogP contribution in [0.15, 0.2) is 127 Å². The highest BCUT2D eigenvalue weighted by Crippen LogP contribution is 2.57. The number of aliphatic hydroxyl groups excluding tert-OH is 1. The smallest absolute Gasteiger partial charge is 0.147 e. The standard InChI is InChI=1S/C29H26NOP/c31-25(22-30-21-20-24-12-10-11-19-29(24)30)23-32(26-13-4-1-5-14-26,27-15-6-2-7-16-27)28-17-8-3-9-18-28/h1-19,23H,20-22H2/p+1/b25-23-. The second-order valence-electron chi connectivity index (χ2n) is 8.15. The lowest BCUT2D eigenvalue weighted by atomic mass is 10.2. The maximum Gasteiger partial charge on any atom is 0.147 e. The van der Waals surface area contributed by atoms with E-state index in [-0.39, 0.29) is 0 Å². The molecule has 0 spiro atoms. The summed E-state index contributed by atoms with van der Waals surface area (Å²) < 4.78 is 0. The van der Waals surface area contributed by atoms with E-state index in [1.54, 1.807) is 0 Å². The Morgan fingerprint density at radius 1 is 0.688 bits per heavy atom. The van der Waals surface area contributed by atoms with Crippen LogP contribution in [0.1, 0.15) is 5.56 Å². The summed E-state index contributed by atoms with van der Waals surface area (Å²) in [6.45, 7) is 1.45. The maximum atomic E-state index is 11.4. The van der Waals surface area contributed by atoms with Crippen molar-refractivity contribution in [2.24, 2.45) is 0 Å². The summed E-state index contributed by atoms with van der Waals surface area (Å²) in [5.41, 5.74) is 2.59. The predicted octanol–water partition coefficient (Wildman–Crippen LogP) is 5.44. The summed E-state index contributed by atoms with van der Waals surface area (Å²) in [5.74, 6) is 2.58. The first-order valence-electron chi connectivity index (χ1n) is 11.1. The van der Waals surface area contributed by atoms with Gasteiger partial charge in [0.1, 0.15) is 34.8 Å². The molecule has 0 aliphatic carbocycles. The van der Waals surface area contributed by atoms with Gasteiger partial charge in [-0.25, -0.2) is 0 Å². The summed E-state index contributed by atoms with van der Waals surface area (Å²) in [5, 5.41) is 15.1. The monoisotopic (exact) mass is 436 g/mol. The van der Waals surface area contributed by atoms with E-state index in [0.717, 1.165) is 13.0 Å². The van der Waals surface area contributed by atoms with Crippen LogP contribution in [0.2, 0.25) is 0 Å². The molecule has 1 heterocycles. The third-order valence-corrected chi connectivity index (χ3v) is 10.2. The highest BCUT2D eigenvalue weighted by Gasteiger charge is 2.44. The van der Waals surface area contributed by atoms with Crippen LogP contribution < -0.4 is 20.8 Å². The third-order valence-electron chi connectivity index (χ3n) is 6.17. The molecule has 0 saturated heterocycles. The van der Waals surface area contributed by atoms with Crippen LogP contribution in [0.25, 0.3) is 0 Å². The Balaban J connectivity index is 1.65. The molecule has 0 fully saturated rings. The topological polar surface area (TPSA) is 23.5 Å². The lowest BCUT2D eigenvalue weighted by Crippen LogP contribution is -2.31. The highest BCUT2D eigenvalue weighted by atomic mass is 31.2. The van der Waals surface area contributed by atoms with Gasteiger partial charge in [-0.2, -0.15) is 0 Å². The molecule has 0 atom stereocenters. The second-order valence-corrected chi connectivity index (χ2v) is 11.4. The SMILES string of the molecule is O/C(=C\[P+](c1ccccc1)(c1ccccc1)c1ccccc1)CN1CCc2ccccc21. The van der Waals surface area contributed by atoms with Crippen molar-refractivity contribution in [3.63, 3.8) is 0 Å². The van der Waals surface area contributed by atoms with Crippen molar-refractivity contribution in [1.29, 1.82) is 0 Å². The van der Waals surface area contributed by atoms with Gasteiger partial charge in [-0.05, 0) is 54.4 Å². The van der Waals surface area contributed by atoms with E-state index in [2.05, 4.69) is 126 Å². The van der Waals surface area contributed by atoms with Crippen molar-refractivity contribution >= 4 is 28.9 Å².